The SMILES string of the molecule is C[C@H]1CCCN(Cc2ccccc2CNC(=O)N(C)CC(C)(C)O)C1. The fraction of sp³-hybridized carbons (Fsp3) is 0.650. The van der Waals surface area contributed by atoms with Gasteiger partial charge in [-0.05, 0) is 50.3 Å². The number of likely N-dealkylation sites (N-methyl/N-ethyl adjacent to an activating group) is 1. The molecule has 0 unspecified atom stereocenters. The predicted octanol–water partition coefficient (Wildman–Crippen LogP) is 2.83. The Kier molecular flexibility index (Phi) is 6.85. The Bertz CT molecular complexity index is 568. The zero-order chi connectivity index (χ0) is 18.4. The number of amides is 2. The van der Waals surface area contributed by atoms with Gasteiger partial charge >= 0.3 is 6.03 Å². The van der Waals surface area contributed by atoms with Crippen molar-refractivity contribution in [2.75, 3.05) is 26.7 Å². The number of urea groups is 1. The predicted molar refractivity (Wildman–Crippen MR) is 101 cm³/mol. The molecule has 1 aliphatic heterocycles. The second-order valence-corrected chi connectivity index (χ2v) is 8.08. The van der Waals surface area contributed by atoms with E-state index in [1.54, 1.807) is 20.9 Å². The normalized spacial score (nSPS) is 18.8. The van der Waals surface area contributed by atoms with Crippen molar-refractivity contribution in [3.63, 3.8) is 0 Å². The van der Waals surface area contributed by atoms with Crippen LogP contribution in [0.2, 0.25) is 0 Å². The van der Waals surface area contributed by atoms with E-state index < -0.39 is 5.60 Å². The quantitative estimate of drug-likeness (QED) is 0.832. The average molecular weight is 348 g/mol. The van der Waals surface area contributed by atoms with Crippen molar-refractivity contribution < 1.29 is 9.90 Å². The third-order valence-electron chi connectivity index (χ3n) is 4.65. The van der Waals surface area contributed by atoms with Gasteiger partial charge in [0.1, 0.15) is 0 Å². The molecule has 2 N–H and O–H groups in total. The fourth-order valence-electron chi connectivity index (χ4n) is 3.51. The van der Waals surface area contributed by atoms with Crippen LogP contribution in [0.5, 0.6) is 0 Å². The molecule has 1 heterocycles. The van der Waals surface area contributed by atoms with E-state index in [1.807, 2.05) is 6.07 Å². The molecular weight excluding hydrogens is 314 g/mol. The Labute approximate surface area is 152 Å². The minimum absolute atomic E-state index is 0.163. The van der Waals surface area contributed by atoms with Gasteiger partial charge in [-0.15, -0.1) is 0 Å². The smallest absolute Gasteiger partial charge is 0.317 e. The third kappa shape index (κ3) is 6.67. The van der Waals surface area contributed by atoms with Crippen LogP contribution in [0.1, 0.15) is 44.7 Å². The Balaban J connectivity index is 1.92. The molecule has 140 valence electrons. The standard InChI is InChI=1S/C20H33N3O2/c1-16-8-7-11-23(13-16)14-18-10-6-5-9-17(18)12-21-19(24)22(4)15-20(2,3)25/h5-6,9-10,16,25H,7-8,11-15H2,1-4H3,(H,21,24)/t16-/m0/s1. The molecular formula is C20H33N3O2. The Morgan fingerprint density at radius 1 is 1.36 bits per heavy atom. The first-order valence-electron chi connectivity index (χ1n) is 9.25. The number of piperidine rings is 1. The van der Waals surface area contributed by atoms with Gasteiger partial charge in [0.05, 0.1) is 12.1 Å². The van der Waals surface area contributed by atoms with Gasteiger partial charge in [-0.1, -0.05) is 31.2 Å². The Hall–Kier alpha value is -1.59. The van der Waals surface area contributed by atoms with Crippen LogP contribution in [0, 0.1) is 5.92 Å². The van der Waals surface area contributed by atoms with Crippen LogP contribution in [-0.2, 0) is 13.1 Å². The number of nitrogens with one attached hydrogen (secondary N) is 1. The molecule has 1 aliphatic rings. The summed E-state index contributed by atoms with van der Waals surface area (Å²) in [4.78, 5) is 16.3. The highest BCUT2D eigenvalue weighted by atomic mass is 16.3. The number of hydrogen-bond donors (Lipinski definition) is 2. The number of carbonyl (C=O) groups is 1. The summed E-state index contributed by atoms with van der Waals surface area (Å²) >= 11 is 0. The second kappa shape index (κ2) is 8.68. The van der Waals surface area contributed by atoms with Crippen LogP contribution in [0.4, 0.5) is 4.79 Å². The summed E-state index contributed by atoms with van der Waals surface area (Å²) in [6.07, 6.45) is 2.59. The van der Waals surface area contributed by atoms with E-state index in [-0.39, 0.29) is 6.03 Å². The lowest BCUT2D eigenvalue weighted by Crippen LogP contribution is -2.44. The highest BCUT2D eigenvalue weighted by Gasteiger charge is 2.20. The highest BCUT2D eigenvalue weighted by Crippen LogP contribution is 2.19. The first-order valence-corrected chi connectivity index (χ1v) is 9.25. The van der Waals surface area contributed by atoms with Gasteiger partial charge in [-0.3, -0.25) is 4.90 Å². The van der Waals surface area contributed by atoms with Gasteiger partial charge in [0.2, 0.25) is 0 Å². The van der Waals surface area contributed by atoms with Crippen LogP contribution in [0.3, 0.4) is 0 Å². The van der Waals surface area contributed by atoms with Crippen molar-refractivity contribution in [2.24, 2.45) is 5.92 Å². The molecule has 1 atom stereocenters. The number of likely N-dealkylation sites (tertiary alicyclic amines) is 1. The lowest BCUT2D eigenvalue weighted by Gasteiger charge is -2.31. The summed E-state index contributed by atoms with van der Waals surface area (Å²) in [6.45, 7) is 9.76. The van der Waals surface area contributed by atoms with Gasteiger partial charge in [0.15, 0.2) is 0 Å². The van der Waals surface area contributed by atoms with Crippen molar-refractivity contribution in [3.8, 4) is 0 Å². The van der Waals surface area contributed by atoms with Crippen LogP contribution in [0.15, 0.2) is 24.3 Å². The van der Waals surface area contributed by atoms with E-state index in [9.17, 15) is 9.90 Å². The molecule has 1 aromatic carbocycles. The molecule has 1 fully saturated rings. The molecule has 2 amide bonds. The van der Waals surface area contributed by atoms with Crippen molar-refractivity contribution >= 4 is 6.03 Å². The summed E-state index contributed by atoms with van der Waals surface area (Å²) in [5.41, 5.74) is 1.54. The summed E-state index contributed by atoms with van der Waals surface area (Å²) in [5.74, 6) is 0.760. The summed E-state index contributed by atoms with van der Waals surface area (Å²) in [6, 6.07) is 8.16. The van der Waals surface area contributed by atoms with Crippen molar-refractivity contribution in [2.45, 2.75) is 52.3 Å². The van der Waals surface area contributed by atoms with Gasteiger partial charge < -0.3 is 15.3 Å². The summed E-state index contributed by atoms with van der Waals surface area (Å²) in [7, 11) is 1.70. The van der Waals surface area contributed by atoms with Gasteiger partial charge in [0, 0.05) is 26.7 Å². The molecule has 25 heavy (non-hydrogen) atoms. The van der Waals surface area contributed by atoms with Crippen molar-refractivity contribution in [3.05, 3.63) is 35.4 Å². The van der Waals surface area contributed by atoms with E-state index in [1.165, 1.54) is 23.3 Å². The van der Waals surface area contributed by atoms with E-state index in [4.69, 9.17) is 0 Å². The van der Waals surface area contributed by atoms with Crippen LogP contribution in [0.25, 0.3) is 0 Å². The maximum atomic E-state index is 12.2. The molecule has 0 radical (unpaired) electrons. The average Bonchev–Trinajstić information content (AvgIpc) is 2.52. The largest absolute Gasteiger partial charge is 0.389 e. The highest BCUT2D eigenvalue weighted by molar-refractivity contribution is 5.73. The number of benzene rings is 1. The molecule has 5 nitrogen and oxygen atoms in total. The number of aliphatic hydroxyl groups is 1. The second-order valence-electron chi connectivity index (χ2n) is 8.08. The Morgan fingerprint density at radius 3 is 2.68 bits per heavy atom. The first kappa shape index (κ1) is 19.7. The van der Waals surface area contributed by atoms with E-state index in [2.05, 4.69) is 35.3 Å². The summed E-state index contributed by atoms with van der Waals surface area (Å²) in [5, 5.41) is 12.8. The molecule has 1 saturated heterocycles. The van der Waals surface area contributed by atoms with Gasteiger partial charge in [-0.2, -0.15) is 0 Å². The molecule has 0 aliphatic carbocycles. The topological polar surface area (TPSA) is 55.8 Å². The zero-order valence-electron chi connectivity index (χ0n) is 16.1. The van der Waals surface area contributed by atoms with Gasteiger partial charge in [-0.25, -0.2) is 4.79 Å². The summed E-state index contributed by atoms with van der Waals surface area (Å²) < 4.78 is 0. The van der Waals surface area contributed by atoms with Crippen LogP contribution < -0.4 is 5.32 Å². The van der Waals surface area contributed by atoms with Crippen molar-refractivity contribution in [1.29, 1.82) is 0 Å². The lowest BCUT2D eigenvalue weighted by molar-refractivity contribution is 0.0531. The maximum absolute atomic E-state index is 12.2. The molecule has 2 rings (SSSR count). The minimum Gasteiger partial charge on any atom is -0.389 e. The fourth-order valence-corrected chi connectivity index (χ4v) is 3.51. The van der Waals surface area contributed by atoms with Crippen molar-refractivity contribution in [1.82, 2.24) is 15.1 Å². The van der Waals surface area contributed by atoms with Crippen LogP contribution in [-0.4, -0.2) is 53.2 Å². The Morgan fingerprint density at radius 2 is 2.04 bits per heavy atom. The number of rotatable bonds is 6. The number of hydrogen-bond acceptors (Lipinski definition) is 3. The maximum Gasteiger partial charge on any atom is 0.317 e. The molecule has 1 aromatic rings. The molecule has 0 bridgehead atoms. The van der Waals surface area contributed by atoms with Crippen LogP contribution >= 0.6 is 0 Å². The molecule has 0 aromatic heterocycles. The monoisotopic (exact) mass is 347 g/mol. The molecule has 0 saturated carbocycles. The van der Waals surface area contributed by atoms with Gasteiger partial charge in [0.25, 0.3) is 0 Å². The van der Waals surface area contributed by atoms with E-state index in [0.29, 0.717) is 13.1 Å². The first-order chi connectivity index (χ1) is 11.7. The van der Waals surface area contributed by atoms with E-state index in [0.717, 1.165) is 31.1 Å². The number of nitrogens with zero attached hydrogens (tertiary/aromatic N) is 2. The zero-order valence-corrected chi connectivity index (χ0v) is 16.1. The minimum atomic E-state index is -0.894. The molecule has 5 heteroatoms. The molecule has 0 spiro atoms. The van der Waals surface area contributed by atoms with E-state index >= 15 is 0 Å². The third-order valence-corrected chi connectivity index (χ3v) is 4.65. The lowest BCUT2D eigenvalue weighted by atomic mass is 9.99. The number of carbonyl (C=O) groups excluding carboxylic acids is 1.